The van der Waals surface area contributed by atoms with E-state index in [0.29, 0.717) is 17.8 Å². The molecule has 1 aromatic heterocycles. The van der Waals surface area contributed by atoms with Crippen molar-refractivity contribution in [1.82, 2.24) is 4.98 Å². The molecule has 0 bridgehead atoms. The molecule has 0 fully saturated rings. The van der Waals surface area contributed by atoms with Crippen LogP contribution in [0.5, 0.6) is 5.75 Å². The summed E-state index contributed by atoms with van der Waals surface area (Å²) in [4.78, 5) is 8.03. The van der Waals surface area contributed by atoms with Crippen LogP contribution < -0.4 is 4.18 Å². The molecule has 0 spiro atoms. The van der Waals surface area contributed by atoms with E-state index in [0.717, 1.165) is 18.2 Å². The van der Waals surface area contributed by atoms with Crippen molar-refractivity contribution in [3.8, 4) is 5.75 Å². The Hall–Kier alpha value is -1.90. The van der Waals surface area contributed by atoms with Crippen LogP contribution in [0.3, 0.4) is 0 Å². The number of hydrogen-bond donors (Lipinski definition) is 0. The lowest BCUT2D eigenvalue weighted by Gasteiger charge is -2.12. The molecular formula is C12H11F3N2O3S. The van der Waals surface area contributed by atoms with Gasteiger partial charge in [0.2, 0.25) is 0 Å². The molecule has 5 nitrogen and oxygen atoms in total. The van der Waals surface area contributed by atoms with Gasteiger partial charge in [-0.1, -0.05) is 6.08 Å². The molecule has 0 saturated carbocycles. The Kier molecular flexibility index (Phi) is 4.04. The molecule has 0 atom stereocenters. The molecule has 2 heterocycles. The van der Waals surface area contributed by atoms with Gasteiger partial charge in [0.15, 0.2) is 5.75 Å². The Balaban J connectivity index is 2.28. The van der Waals surface area contributed by atoms with Gasteiger partial charge in [-0.3, -0.25) is 9.98 Å². The van der Waals surface area contributed by atoms with E-state index in [1.165, 1.54) is 6.07 Å². The van der Waals surface area contributed by atoms with Crippen LogP contribution in [0.25, 0.3) is 5.57 Å². The van der Waals surface area contributed by atoms with Crippen LogP contribution in [0.2, 0.25) is 0 Å². The summed E-state index contributed by atoms with van der Waals surface area (Å²) < 4.78 is 62.5. The molecule has 21 heavy (non-hydrogen) atoms. The zero-order valence-corrected chi connectivity index (χ0v) is 11.7. The first-order valence-corrected chi connectivity index (χ1v) is 7.29. The predicted octanol–water partition coefficient (Wildman–Crippen LogP) is 2.48. The fourth-order valence-electron chi connectivity index (χ4n) is 1.74. The lowest BCUT2D eigenvalue weighted by molar-refractivity contribution is -0.0500. The fourth-order valence-corrected chi connectivity index (χ4v) is 2.18. The van der Waals surface area contributed by atoms with E-state index in [1.807, 2.05) is 6.08 Å². The van der Waals surface area contributed by atoms with Gasteiger partial charge in [0.25, 0.3) is 0 Å². The average molecular weight is 320 g/mol. The third-order valence-corrected chi connectivity index (χ3v) is 3.65. The van der Waals surface area contributed by atoms with Crippen LogP contribution in [0, 0.1) is 6.92 Å². The Bertz CT molecular complexity index is 709. The number of alkyl halides is 3. The molecule has 9 heteroatoms. The first kappa shape index (κ1) is 15.5. The summed E-state index contributed by atoms with van der Waals surface area (Å²) in [6.07, 6.45) is 5.20. The molecular weight excluding hydrogens is 309 g/mol. The number of aryl methyl sites for hydroxylation is 1. The van der Waals surface area contributed by atoms with Crippen molar-refractivity contribution >= 4 is 21.9 Å². The monoisotopic (exact) mass is 320 g/mol. The summed E-state index contributed by atoms with van der Waals surface area (Å²) in [5.74, 6) is -0.484. The van der Waals surface area contributed by atoms with Gasteiger partial charge in [-0.25, -0.2) is 0 Å². The highest BCUT2D eigenvalue weighted by atomic mass is 32.2. The van der Waals surface area contributed by atoms with Gasteiger partial charge >= 0.3 is 15.6 Å². The van der Waals surface area contributed by atoms with Crippen LogP contribution in [0.1, 0.15) is 17.7 Å². The second-order valence-corrected chi connectivity index (χ2v) is 5.84. The van der Waals surface area contributed by atoms with Crippen LogP contribution in [0.15, 0.2) is 23.3 Å². The molecule has 0 radical (unpaired) electrons. The Morgan fingerprint density at radius 3 is 2.57 bits per heavy atom. The Morgan fingerprint density at radius 1 is 1.33 bits per heavy atom. The molecule has 0 N–H and O–H groups in total. The quantitative estimate of drug-likeness (QED) is 0.634. The minimum Gasteiger partial charge on any atom is -0.374 e. The molecule has 0 aromatic carbocycles. The Morgan fingerprint density at radius 2 is 2.05 bits per heavy atom. The highest BCUT2D eigenvalue weighted by molar-refractivity contribution is 7.87. The highest BCUT2D eigenvalue weighted by Gasteiger charge is 2.48. The van der Waals surface area contributed by atoms with Crippen molar-refractivity contribution in [2.75, 3.05) is 6.54 Å². The SMILES string of the molecule is Cc1cc(OS(=O)(=O)C(F)(F)F)cnc1C1=CCCN=C1. The minimum atomic E-state index is -5.69. The highest BCUT2D eigenvalue weighted by Crippen LogP contribution is 2.28. The van der Waals surface area contributed by atoms with E-state index >= 15 is 0 Å². The third-order valence-electron chi connectivity index (χ3n) is 2.67. The molecule has 114 valence electrons. The van der Waals surface area contributed by atoms with E-state index in [4.69, 9.17) is 0 Å². The Labute approximate surface area is 119 Å². The van der Waals surface area contributed by atoms with Crippen LogP contribution >= 0.6 is 0 Å². The van der Waals surface area contributed by atoms with Crippen LogP contribution in [-0.4, -0.2) is 31.7 Å². The molecule has 0 saturated heterocycles. The van der Waals surface area contributed by atoms with E-state index < -0.39 is 21.4 Å². The van der Waals surface area contributed by atoms with Crippen LogP contribution in [-0.2, 0) is 10.1 Å². The summed E-state index contributed by atoms with van der Waals surface area (Å²) in [5, 5.41) is 0. The molecule has 2 rings (SSSR count). The molecule has 0 unspecified atom stereocenters. The van der Waals surface area contributed by atoms with Gasteiger partial charge in [0.1, 0.15) is 0 Å². The first-order valence-electron chi connectivity index (χ1n) is 5.88. The lowest BCUT2D eigenvalue weighted by Crippen LogP contribution is -2.28. The van der Waals surface area contributed by atoms with E-state index in [9.17, 15) is 21.6 Å². The number of hydrogen-bond acceptors (Lipinski definition) is 5. The van der Waals surface area contributed by atoms with Crippen molar-refractivity contribution in [1.29, 1.82) is 0 Å². The molecule has 1 aromatic rings. The standard InChI is InChI=1S/C12H11F3N2O3S/c1-8-5-10(20-21(18,19)12(13,14)15)7-17-11(8)9-3-2-4-16-6-9/h3,5-7H,2,4H2,1H3. The van der Waals surface area contributed by atoms with Gasteiger partial charge in [0.05, 0.1) is 11.9 Å². The maximum atomic E-state index is 12.2. The summed E-state index contributed by atoms with van der Waals surface area (Å²) in [7, 11) is -5.69. The normalized spacial score (nSPS) is 15.7. The zero-order chi connectivity index (χ0) is 15.7. The van der Waals surface area contributed by atoms with Crippen molar-refractivity contribution in [2.24, 2.45) is 4.99 Å². The minimum absolute atomic E-state index is 0.484. The number of halogens is 3. The summed E-state index contributed by atoms with van der Waals surface area (Å²) in [6, 6.07) is 1.19. The van der Waals surface area contributed by atoms with Crippen molar-refractivity contribution in [2.45, 2.75) is 18.9 Å². The summed E-state index contributed by atoms with van der Waals surface area (Å²) >= 11 is 0. The fraction of sp³-hybridized carbons (Fsp3) is 0.333. The largest absolute Gasteiger partial charge is 0.534 e. The average Bonchev–Trinajstić information content (AvgIpc) is 2.38. The number of allylic oxidation sites excluding steroid dienone is 1. The molecule has 1 aliphatic rings. The van der Waals surface area contributed by atoms with E-state index in [2.05, 4.69) is 14.2 Å². The molecule has 0 amide bonds. The van der Waals surface area contributed by atoms with Gasteiger partial charge in [-0.05, 0) is 25.0 Å². The van der Waals surface area contributed by atoms with Gasteiger partial charge in [0, 0.05) is 18.3 Å². The number of nitrogens with zero attached hydrogens (tertiary/aromatic N) is 2. The van der Waals surface area contributed by atoms with E-state index in [-0.39, 0.29) is 0 Å². The first-order chi connectivity index (χ1) is 9.71. The topological polar surface area (TPSA) is 68.6 Å². The number of dihydropyridines is 1. The number of pyridine rings is 1. The maximum absolute atomic E-state index is 12.2. The number of rotatable bonds is 3. The van der Waals surface area contributed by atoms with E-state index in [1.54, 1.807) is 13.1 Å². The third kappa shape index (κ3) is 3.41. The number of aromatic nitrogens is 1. The predicted molar refractivity (Wildman–Crippen MR) is 70.5 cm³/mol. The smallest absolute Gasteiger partial charge is 0.374 e. The van der Waals surface area contributed by atoms with Crippen molar-refractivity contribution < 1.29 is 25.8 Å². The second kappa shape index (κ2) is 5.47. The van der Waals surface area contributed by atoms with Gasteiger partial charge in [-0.15, -0.1) is 0 Å². The maximum Gasteiger partial charge on any atom is 0.534 e. The van der Waals surface area contributed by atoms with Gasteiger partial charge in [-0.2, -0.15) is 21.6 Å². The zero-order valence-electron chi connectivity index (χ0n) is 10.9. The molecule has 1 aliphatic heterocycles. The second-order valence-electron chi connectivity index (χ2n) is 4.30. The van der Waals surface area contributed by atoms with Crippen molar-refractivity contribution in [3.05, 3.63) is 29.6 Å². The summed E-state index contributed by atoms with van der Waals surface area (Å²) in [5.41, 5.74) is -3.72. The summed E-state index contributed by atoms with van der Waals surface area (Å²) in [6.45, 7) is 2.27. The van der Waals surface area contributed by atoms with Gasteiger partial charge < -0.3 is 4.18 Å². The van der Waals surface area contributed by atoms with Crippen LogP contribution in [0.4, 0.5) is 13.2 Å². The lowest BCUT2D eigenvalue weighted by atomic mass is 10.1. The number of aliphatic imine (C=N–C) groups is 1. The van der Waals surface area contributed by atoms with Crippen molar-refractivity contribution in [3.63, 3.8) is 0 Å². The molecule has 0 aliphatic carbocycles.